The zero-order chi connectivity index (χ0) is 13.7. The molecule has 4 heteroatoms. The topological polar surface area (TPSA) is 32.3 Å². The van der Waals surface area contributed by atoms with Gasteiger partial charge >= 0.3 is 0 Å². The standard InChI is InChI=1S/C15H18N2OS/c1-17(2)10-14(12-6-4-3-5-7-12)16-15(18)13-8-9-19-11-13/h3-9,11,14H,10H2,1-2H3,(H,16,18). The van der Waals surface area contributed by atoms with Crippen LogP contribution in [0.25, 0.3) is 0 Å². The van der Waals surface area contributed by atoms with Gasteiger partial charge in [0.1, 0.15) is 0 Å². The highest BCUT2D eigenvalue weighted by atomic mass is 32.1. The molecule has 0 bridgehead atoms. The Bertz CT molecular complexity index is 508. The van der Waals surface area contributed by atoms with Crippen molar-refractivity contribution in [2.45, 2.75) is 6.04 Å². The molecule has 0 radical (unpaired) electrons. The van der Waals surface area contributed by atoms with E-state index in [0.29, 0.717) is 0 Å². The molecule has 1 aromatic carbocycles. The maximum Gasteiger partial charge on any atom is 0.252 e. The monoisotopic (exact) mass is 274 g/mol. The summed E-state index contributed by atoms with van der Waals surface area (Å²) >= 11 is 1.53. The summed E-state index contributed by atoms with van der Waals surface area (Å²) in [5.74, 6) is -0.0167. The van der Waals surface area contributed by atoms with E-state index in [-0.39, 0.29) is 11.9 Å². The Kier molecular flexibility index (Phi) is 4.71. The summed E-state index contributed by atoms with van der Waals surface area (Å²) in [6.07, 6.45) is 0. The molecule has 1 amide bonds. The van der Waals surface area contributed by atoms with Gasteiger partial charge in [-0.2, -0.15) is 11.3 Å². The summed E-state index contributed by atoms with van der Waals surface area (Å²) in [5, 5.41) is 6.88. The number of rotatable bonds is 5. The summed E-state index contributed by atoms with van der Waals surface area (Å²) in [6.45, 7) is 0.778. The SMILES string of the molecule is CN(C)CC(NC(=O)c1ccsc1)c1ccccc1. The molecular formula is C15H18N2OS. The Morgan fingerprint density at radius 3 is 2.58 bits per heavy atom. The second-order valence-electron chi connectivity index (χ2n) is 4.71. The maximum absolute atomic E-state index is 12.1. The Morgan fingerprint density at radius 1 is 1.26 bits per heavy atom. The minimum Gasteiger partial charge on any atom is -0.344 e. The lowest BCUT2D eigenvalue weighted by Gasteiger charge is -2.22. The fraction of sp³-hybridized carbons (Fsp3) is 0.267. The molecule has 0 aliphatic carbocycles. The van der Waals surface area contributed by atoms with Crippen molar-refractivity contribution in [3.8, 4) is 0 Å². The van der Waals surface area contributed by atoms with Crippen LogP contribution < -0.4 is 5.32 Å². The van der Waals surface area contributed by atoms with Crippen LogP contribution in [0.5, 0.6) is 0 Å². The number of carbonyl (C=O) groups excluding carboxylic acids is 1. The molecule has 1 heterocycles. The molecule has 19 heavy (non-hydrogen) atoms. The van der Waals surface area contributed by atoms with Crippen molar-refractivity contribution in [3.05, 3.63) is 58.3 Å². The molecule has 0 saturated heterocycles. The molecule has 0 spiro atoms. The summed E-state index contributed by atoms with van der Waals surface area (Å²) < 4.78 is 0. The van der Waals surface area contributed by atoms with Crippen LogP contribution in [0.1, 0.15) is 22.0 Å². The number of carbonyl (C=O) groups is 1. The molecule has 1 unspecified atom stereocenters. The third kappa shape index (κ3) is 3.91. The number of amides is 1. The van der Waals surface area contributed by atoms with Gasteiger partial charge < -0.3 is 10.2 Å². The van der Waals surface area contributed by atoms with E-state index in [4.69, 9.17) is 0 Å². The van der Waals surface area contributed by atoms with E-state index in [0.717, 1.165) is 17.7 Å². The first-order valence-electron chi connectivity index (χ1n) is 6.19. The van der Waals surface area contributed by atoms with Crippen LogP contribution in [0.3, 0.4) is 0 Å². The number of nitrogens with zero attached hydrogens (tertiary/aromatic N) is 1. The molecule has 2 rings (SSSR count). The maximum atomic E-state index is 12.1. The molecule has 2 aromatic rings. The molecule has 0 aliphatic rings. The number of nitrogens with one attached hydrogen (secondary N) is 1. The highest BCUT2D eigenvalue weighted by Crippen LogP contribution is 2.15. The Labute approximate surface area is 117 Å². The summed E-state index contributed by atoms with van der Waals surface area (Å²) in [7, 11) is 4.01. The molecule has 1 aromatic heterocycles. The molecule has 1 N–H and O–H groups in total. The largest absolute Gasteiger partial charge is 0.344 e. The van der Waals surface area contributed by atoms with Crippen LogP contribution in [0.4, 0.5) is 0 Å². The molecule has 0 aliphatic heterocycles. The molecule has 0 fully saturated rings. The van der Waals surface area contributed by atoms with Gasteiger partial charge in [-0.1, -0.05) is 30.3 Å². The van der Waals surface area contributed by atoms with Crippen LogP contribution >= 0.6 is 11.3 Å². The molecular weight excluding hydrogens is 256 g/mol. The van der Waals surface area contributed by atoms with E-state index in [1.807, 2.05) is 61.3 Å². The van der Waals surface area contributed by atoms with E-state index in [2.05, 4.69) is 10.2 Å². The van der Waals surface area contributed by atoms with Gasteiger partial charge in [0, 0.05) is 11.9 Å². The molecule has 1 atom stereocenters. The van der Waals surface area contributed by atoms with Crippen LogP contribution in [0, 0.1) is 0 Å². The van der Waals surface area contributed by atoms with Crippen molar-refractivity contribution in [2.24, 2.45) is 0 Å². The van der Waals surface area contributed by atoms with Gasteiger partial charge in [0.25, 0.3) is 5.91 Å². The first-order valence-corrected chi connectivity index (χ1v) is 7.14. The van der Waals surface area contributed by atoms with E-state index < -0.39 is 0 Å². The van der Waals surface area contributed by atoms with Gasteiger partial charge in [-0.05, 0) is 31.1 Å². The van der Waals surface area contributed by atoms with Gasteiger partial charge in [0.15, 0.2) is 0 Å². The zero-order valence-corrected chi connectivity index (χ0v) is 12.0. The smallest absolute Gasteiger partial charge is 0.252 e. The quantitative estimate of drug-likeness (QED) is 0.909. The fourth-order valence-corrected chi connectivity index (χ4v) is 2.56. The highest BCUT2D eigenvalue weighted by Gasteiger charge is 2.16. The van der Waals surface area contributed by atoms with Crippen LogP contribution in [0.15, 0.2) is 47.2 Å². The highest BCUT2D eigenvalue weighted by molar-refractivity contribution is 7.08. The van der Waals surface area contributed by atoms with Crippen LogP contribution in [-0.4, -0.2) is 31.4 Å². The van der Waals surface area contributed by atoms with E-state index in [1.165, 1.54) is 11.3 Å². The van der Waals surface area contributed by atoms with Crippen LogP contribution in [-0.2, 0) is 0 Å². The van der Waals surface area contributed by atoms with Gasteiger partial charge in [-0.3, -0.25) is 4.79 Å². The van der Waals surface area contributed by atoms with Crippen molar-refractivity contribution in [3.63, 3.8) is 0 Å². The van der Waals surface area contributed by atoms with Crippen LogP contribution in [0.2, 0.25) is 0 Å². The number of likely N-dealkylation sites (N-methyl/N-ethyl adjacent to an activating group) is 1. The lowest BCUT2D eigenvalue weighted by atomic mass is 10.1. The van der Waals surface area contributed by atoms with E-state index >= 15 is 0 Å². The lowest BCUT2D eigenvalue weighted by molar-refractivity contribution is 0.0930. The predicted molar refractivity (Wildman–Crippen MR) is 79.5 cm³/mol. The third-order valence-corrected chi connectivity index (χ3v) is 3.52. The normalized spacial score (nSPS) is 12.4. The van der Waals surface area contributed by atoms with Crippen molar-refractivity contribution >= 4 is 17.2 Å². The minimum absolute atomic E-state index is 0.00333. The summed E-state index contributed by atoms with van der Waals surface area (Å²) in [5.41, 5.74) is 1.85. The number of hydrogen-bond donors (Lipinski definition) is 1. The van der Waals surface area contributed by atoms with Crippen molar-refractivity contribution < 1.29 is 4.79 Å². The average molecular weight is 274 g/mol. The predicted octanol–water partition coefficient (Wildman–Crippen LogP) is 2.78. The number of hydrogen-bond acceptors (Lipinski definition) is 3. The van der Waals surface area contributed by atoms with Gasteiger partial charge in [-0.15, -0.1) is 0 Å². The lowest BCUT2D eigenvalue weighted by Crippen LogP contribution is -2.35. The van der Waals surface area contributed by atoms with E-state index in [1.54, 1.807) is 0 Å². The van der Waals surface area contributed by atoms with E-state index in [9.17, 15) is 4.79 Å². The number of benzene rings is 1. The second-order valence-corrected chi connectivity index (χ2v) is 5.49. The third-order valence-electron chi connectivity index (χ3n) is 2.84. The fourth-order valence-electron chi connectivity index (χ4n) is 1.92. The average Bonchev–Trinajstić information content (AvgIpc) is 2.92. The first kappa shape index (κ1) is 13.8. The van der Waals surface area contributed by atoms with Crippen molar-refractivity contribution in [1.29, 1.82) is 0 Å². The first-order chi connectivity index (χ1) is 9.16. The Morgan fingerprint density at radius 2 is 2.00 bits per heavy atom. The Balaban J connectivity index is 2.13. The molecule has 0 saturated carbocycles. The number of thiophene rings is 1. The van der Waals surface area contributed by atoms with Gasteiger partial charge in [0.05, 0.1) is 11.6 Å². The molecule has 100 valence electrons. The minimum atomic E-state index is -0.0167. The Hall–Kier alpha value is -1.65. The van der Waals surface area contributed by atoms with Gasteiger partial charge in [-0.25, -0.2) is 0 Å². The summed E-state index contributed by atoms with van der Waals surface area (Å²) in [6, 6.07) is 11.9. The summed E-state index contributed by atoms with van der Waals surface area (Å²) in [4.78, 5) is 14.2. The molecule has 3 nitrogen and oxygen atoms in total. The van der Waals surface area contributed by atoms with Crippen molar-refractivity contribution in [2.75, 3.05) is 20.6 Å². The zero-order valence-electron chi connectivity index (χ0n) is 11.2. The van der Waals surface area contributed by atoms with Gasteiger partial charge in [0.2, 0.25) is 0 Å². The second kappa shape index (κ2) is 6.50. The van der Waals surface area contributed by atoms with Crippen molar-refractivity contribution in [1.82, 2.24) is 10.2 Å².